The Kier molecular flexibility index (Phi) is 4.62. The van der Waals surface area contributed by atoms with E-state index in [-0.39, 0.29) is 0 Å². The number of rotatable bonds is 0. The third kappa shape index (κ3) is 3.23. The molecule has 3 heteroatoms. The van der Waals surface area contributed by atoms with Crippen molar-refractivity contribution in [3.63, 3.8) is 0 Å². The quantitative estimate of drug-likeness (QED) is 0.654. The van der Waals surface area contributed by atoms with E-state index < -0.39 is 0 Å². The van der Waals surface area contributed by atoms with Crippen LogP contribution in [0.3, 0.4) is 0 Å². The number of nitrogen functional groups attached to an aromatic ring is 1. The minimum Gasteiger partial charge on any atom is -0.384 e. The Morgan fingerprint density at radius 3 is 2.36 bits per heavy atom. The largest absolute Gasteiger partial charge is 0.384 e. The molecule has 1 aromatic heterocycles. The van der Waals surface area contributed by atoms with Gasteiger partial charge in [-0.1, -0.05) is 25.4 Å². The molecule has 0 fully saturated rings. The fourth-order valence-electron chi connectivity index (χ4n) is 0.561. The van der Waals surface area contributed by atoms with Crippen molar-refractivity contribution in [2.45, 2.75) is 20.8 Å². The lowest BCUT2D eigenvalue weighted by molar-refractivity contribution is 1.29. The van der Waals surface area contributed by atoms with Gasteiger partial charge in [0.1, 0.15) is 5.82 Å². The van der Waals surface area contributed by atoms with Gasteiger partial charge in [0.15, 0.2) is 0 Å². The van der Waals surface area contributed by atoms with E-state index in [1.807, 2.05) is 20.8 Å². The lowest BCUT2D eigenvalue weighted by Gasteiger charge is -1.95. The van der Waals surface area contributed by atoms with E-state index in [0.717, 1.165) is 5.56 Å². The number of halogens is 1. The molecule has 0 unspecified atom stereocenters. The SMILES string of the molecule is CC.Cc1cc(N)ncc1Cl. The summed E-state index contributed by atoms with van der Waals surface area (Å²) in [5.74, 6) is 0.511. The molecule has 0 saturated carbocycles. The van der Waals surface area contributed by atoms with E-state index in [9.17, 15) is 0 Å². The lowest BCUT2D eigenvalue weighted by atomic mass is 10.3. The molecule has 62 valence electrons. The summed E-state index contributed by atoms with van der Waals surface area (Å²) < 4.78 is 0. The van der Waals surface area contributed by atoms with Crippen LogP contribution in [0.5, 0.6) is 0 Å². The maximum absolute atomic E-state index is 5.66. The summed E-state index contributed by atoms with van der Waals surface area (Å²) in [5, 5.41) is 0.657. The molecule has 1 aromatic rings. The molecule has 0 atom stereocenters. The van der Waals surface area contributed by atoms with Crippen molar-refractivity contribution >= 4 is 17.4 Å². The van der Waals surface area contributed by atoms with Crippen molar-refractivity contribution in [3.8, 4) is 0 Å². The van der Waals surface area contributed by atoms with Gasteiger partial charge in [0.05, 0.1) is 5.02 Å². The number of anilines is 1. The Hall–Kier alpha value is -0.760. The first kappa shape index (κ1) is 10.2. The Morgan fingerprint density at radius 1 is 1.45 bits per heavy atom. The third-order valence-corrected chi connectivity index (χ3v) is 1.46. The van der Waals surface area contributed by atoms with Crippen LogP contribution in [-0.2, 0) is 0 Å². The van der Waals surface area contributed by atoms with Crippen molar-refractivity contribution in [1.82, 2.24) is 4.98 Å². The highest BCUT2D eigenvalue weighted by Gasteiger charge is 1.93. The van der Waals surface area contributed by atoms with Gasteiger partial charge in [-0.05, 0) is 18.6 Å². The first-order chi connectivity index (χ1) is 5.20. The van der Waals surface area contributed by atoms with E-state index >= 15 is 0 Å². The van der Waals surface area contributed by atoms with Gasteiger partial charge in [0.25, 0.3) is 0 Å². The molecule has 0 amide bonds. The van der Waals surface area contributed by atoms with Crippen LogP contribution in [0, 0.1) is 6.92 Å². The molecule has 0 aromatic carbocycles. The van der Waals surface area contributed by atoms with Crippen LogP contribution in [0.1, 0.15) is 19.4 Å². The molecule has 0 aliphatic rings. The van der Waals surface area contributed by atoms with E-state index in [4.69, 9.17) is 17.3 Å². The van der Waals surface area contributed by atoms with Crippen LogP contribution >= 0.6 is 11.6 Å². The number of aryl methyl sites for hydroxylation is 1. The second-order valence-corrected chi connectivity index (χ2v) is 2.27. The second-order valence-electron chi connectivity index (χ2n) is 1.86. The first-order valence-electron chi connectivity index (χ1n) is 3.58. The Bertz CT molecular complexity index is 223. The molecule has 0 saturated heterocycles. The standard InChI is InChI=1S/C6H7ClN2.C2H6/c1-4-2-6(8)9-3-5(4)7;1-2/h2-3H,1H3,(H2,8,9);1-2H3. The summed E-state index contributed by atoms with van der Waals surface area (Å²) in [4.78, 5) is 3.79. The first-order valence-corrected chi connectivity index (χ1v) is 3.95. The smallest absolute Gasteiger partial charge is 0.123 e. The van der Waals surface area contributed by atoms with E-state index in [2.05, 4.69) is 4.98 Å². The Labute approximate surface area is 72.4 Å². The van der Waals surface area contributed by atoms with Gasteiger partial charge >= 0.3 is 0 Å². The van der Waals surface area contributed by atoms with Crippen LogP contribution in [0.25, 0.3) is 0 Å². The minimum absolute atomic E-state index is 0.511. The molecule has 11 heavy (non-hydrogen) atoms. The lowest BCUT2D eigenvalue weighted by Crippen LogP contribution is -1.89. The highest BCUT2D eigenvalue weighted by molar-refractivity contribution is 6.31. The second kappa shape index (κ2) is 4.97. The van der Waals surface area contributed by atoms with E-state index in [1.165, 1.54) is 0 Å². The predicted molar refractivity (Wildman–Crippen MR) is 49.7 cm³/mol. The number of hydrogen-bond acceptors (Lipinski definition) is 2. The molecule has 0 spiro atoms. The number of nitrogens with two attached hydrogens (primary N) is 1. The van der Waals surface area contributed by atoms with Gasteiger partial charge in [-0.2, -0.15) is 0 Å². The predicted octanol–water partition coefficient (Wildman–Crippen LogP) is 2.65. The van der Waals surface area contributed by atoms with Crippen LogP contribution in [-0.4, -0.2) is 4.98 Å². The molecule has 2 nitrogen and oxygen atoms in total. The highest BCUT2D eigenvalue weighted by atomic mass is 35.5. The summed E-state index contributed by atoms with van der Waals surface area (Å²) >= 11 is 5.66. The molecular formula is C8H13ClN2. The summed E-state index contributed by atoms with van der Waals surface area (Å²) in [6.45, 7) is 5.89. The number of nitrogens with zero attached hydrogens (tertiary/aromatic N) is 1. The Morgan fingerprint density at radius 2 is 2.00 bits per heavy atom. The average Bonchev–Trinajstić information content (AvgIpc) is 2.02. The summed E-state index contributed by atoms with van der Waals surface area (Å²) in [5.41, 5.74) is 6.32. The maximum atomic E-state index is 5.66. The number of pyridine rings is 1. The van der Waals surface area contributed by atoms with Crippen molar-refractivity contribution < 1.29 is 0 Å². The topological polar surface area (TPSA) is 38.9 Å². The van der Waals surface area contributed by atoms with Crippen LogP contribution in [0.2, 0.25) is 5.02 Å². The number of hydrogen-bond donors (Lipinski definition) is 1. The van der Waals surface area contributed by atoms with Crippen molar-refractivity contribution in [2.75, 3.05) is 5.73 Å². The van der Waals surface area contributed by atoms with Crippen molar-refractivity contribution in [3.05, 3.63) is 22.8 Å². The van der Waals surface area contributed by atoms with Crippen molar-refractivity contribution in [1.29, 1.82) is 0 Å². The van der Waals surface area contributed by atoms with Gasteiger partial charge in [-0.15, -0.1) is 0 Å². The molecule has 1 rings (SSSR count). The summed E-state index contributed by atoms with van der Waals surface area (Å²) in [6.07, 6.45) is 1.55. The summed E-state index contributed by atoms with van der Waals surface area (Å²) in [7, 11) is 0. The molecule has 0 radical (unpaired) electrons. The number of aromatic nitrogens is 1. The third-order valence-electron chi connectivity index (χ3n) is 1.07. The van der Waals surface area contributed by atoms with Gasteiger partial charge in [0, 0.05) is 6.20 Å². The van der Waals surface area contributed by atoms with Gasteiger partial charge in [0.2, 0.25) is 0 Å². The fourth-order valence-corrected chi connectivity index (χ4v) is 0.664. The zero-order valence-corrected chi connectivity index (χ0v) is 7.81. The monoisotopic (exact) mass is 172 g/mol. The normalized spacial score (nSPS) is 8.36. The summed E-state index contributed by atoms with van der Waals surface area (Å²) in [6, 6.07) is 1.74. The molecule has 0 aliphatic carbocycles. The van der Waals surface area contributed by atoms with Crippen LogP contribution in [0.15, 0.2) is 12.3 Å². The maximum Gasteiger partial charge on any atom is 0.123 e. The van der Waals surface area contributed by atoms with Gasteiger partial charge < -0.3 is 5.73 Å². The van der Waals surface area contributed by atoms with E-state index in [1.54, 1.807) is 12.3 Å². The average molecular weight is 173 g/mol. The fraction of sp³-hybridized carbons (Fsp3) is 0.375. The molecular weight excluding hydrogens is 160 g/mol. The molecule has 0 bridgehead atoms. The Balaban J connectivity index is 0.000000461. The van der Waals surface area contributed by atoms with E-state index in [0.29, 0.717) is 10.8 Å². The van der Waals surface area contributed by atoms with Gasteiger partial charge in [-0.25, -0.2) is 4.98 Å². The van der Waals surface area contributed by atoms with Crippen molar-refractivity contribution in [2.24, 2.45) is 0 Å². The van der Waals surface area contributed by atoms with Gasteiger partial charge in [-0.3, -0.25) is 0 Å². The molecule has 0 aliphatic heterocycles. The minimum atomic E-state index is 0.511. The van der Waals surface area contributed by atoms with Crippen LogP contribution in [0.4, 0.5) is 5.82 Å². The van der Waals surface area contributed by atoms with Crippen LogP contribution < -0.4 is 5.73 Å². The molecule has 2 N–H and O–H groups in total. The zero-order valence-electron chi connectivity index (χ0n) is 7.06. The highest BCUT2D eigenvalue weighted by Crippen LogP contribution is 2.13. The zero-order chi connectivity index (χ0) is 8.85. The molecule has 1 heterocycles.